The molecule has 24 heavy (non-hydrogen) atoms. The molecule has 2 unspecified atom stereocenters. The van der Waals surface area contributed by atoms with E-state index < -0.39 is 6.10 Å². The molecule has 0 amide bonds. The van der Waals surface area contributed by atoms with Gasteiger partial charge >= 0.3 is 0 Å². The third-order valence-electron chi connectivity index (χ3n) is 3.91. The monoisotopic (exact) mass is 328 g/mol. The van der Waals surface area contributed by atoms with Crippen molar-refractivity contribution in [1.82, 2.24) is 0 Å². The van der Waals surface area contributed by atoms with E-state index in [2.05, 4.69) is 0 Å². The summed E-state index contributed by atoms with van der Waals surface area (Å²) in [6, 6.07) is 13.9. The van der Waals surface area contributed by atoms with Gasteiger partial charge in [-0.3, -0.25) is 0 Å². The molecule has 0 aliphatic rings. The highest BCUT2D eigenvalue weighted by Gasteiger charge is 2.11. The van der Waals surface area contributed by atoms with Gasteiger partial charge in [0, 0.05) is 13.5 Å². The number of hydrogen-bond acceptors (Lipinski definition) is 4. The number of aryl methyl sites for hydroxylation is 1. The van der Waals surface area contributed by atoms with E-state index in [1.165, 1.54) is 0 Å². The molecule has 0 fully saturated rings. The van der Waals surface area contributed by atoms with Crippen LogP contribution in [0.3, 0.4) is 0 Å². The number of hydrogen-bond donors (Lipinski definition) is 3. The Bertz CT molecular complexity index is 632. The number of phenols is 2. The van der Waals surface area contributed by atoms with Crippen LogP contribution in [0.5, 0.6) is 11.5 Å². The highest BCUT2D eigenvalue weighted by atomic mass is 16.5. The maximum Gasteiger partial charge on any atom is 0.115 e. The maximum atomic E-state index is 10.2. The topological polar surface area (TPSA) is 69.9 Å². The van der Waals surface area contributed by atoms with Gasteiger partial charge in [-0.2, -0.15) is 0 Å². The van der Waals surface area contributed by atoms with Gasteiger partial charge in [-0.1, -0.05) is 36.4 Å². The summed E-state index contributed by atoms with van der Waals surface area (Å²) >= 11 is 0. The minimum absolute atomic E-state index is 0.173. The Morgan fingerprint density at radius 1 is 0.958 bits per heavy atom. The van der Waals surface area contributed by atoms with Crippen molar-refractivity contribution in [2.75, 3.05) is 7.11 Å². The molecule has 4 heteroatoms. The van der Waals surface area contributed by atoms with E-state index in [0.717, 1.165) is 17.5 Å². The van der Waals surface area contributed by atoms with Gasteiger partial charge in [0.05, 0.1) is 12.2 Å². The molecule has 0 aliphatic carbocycles. The second-order valence-electron chi connectivity index (χ2n) is 5.82. The predicted molar refractivity (Wildman–Crippen MR) is 95.0 cm³/mol. The summed E-state index contributed by atoms with van der Waals surface area (Å²) in [6.07, 6.45) is 5.10. The summed E-state index contributed by atoms with van der Waals surface area (Å²) in [6.45, 7) is 0. The van der Waals surface area contributed by atoms with Crippen LogP contribution in [0.2, 0.25) is 0 Å². The summed E-state index contributed by atoms with van der Waals surface area (Å²) in [5.74, 6) is 0.484. The van der Waals surface area contributed by atoms with Crippen molar-refractivity contribution in [3.05, 3.63) is 65.7 Å². The quantitative estimate of drug-likeness (QED) is 0.693. The second kappa shape index (κ2) is 9.11. The van der Waals surface area contributed by atoms with Crippen LogP contribution < -0.4 is 0 Å². The molecular weight excluding hydrogens is 304 g/mol. The SMILES string of the molecule is COC(/C=C/c1ccc(O)cc1)CC(O)CCc1ccc(O)cc1. The molecular formula is C20H24O4. The van der Waals surface area contributed by atoms with Crippen LogP contribution in [0.4, 0.5) is 0 Å². The fourth-order valence-corrected chi connectivity index (χ4v) is 2.44. The first-order chi connectivity index (χ1) is 11.6. The number of benzene rings is 2. The number of aromatic hydroxyl groups is 2. The molecule has 0 aliphatic heterocycles. The number of rotatable bonds is 8. The zero-order chi connectivity index (χ0) is 17.4. The van der Waals surface area contributed by atoms with E-state index in [4.69, 9.17) is 4.74 Å². The van der Waals surface area contributed by atoms with Crippen LogP contribution in [0.25, 0.3) is 6.08 Å². The van der Waals surface area contributed by atoms with Gasteiger partial charge in [0.1, 0.15) is 11.5 Å². The Morgan fingerprint density at radius 2 is 1.54 bits per heavy atom. The molecule has 0 radical (unpaired) electrons. The number of phenolic OH excluding ortho intramolecular Hbond substituents is 2. The molecule has 0 saturated heterocycles. The fraction of sp³-hybridized carbons (Fsp3) is 0.300. The van der Waals surface area contributed by atoms with Crippen molar-refractivity contribution in [3.63, 3.8) is 0 Å². The Balaban J connectivity index is 1.82. The molecule has 2 rings (SSSR count). The molecule has 3 N–H and O–H groups in total. The number of aliphatic hydroxyl groups is 1. The Morgan fingerprint density at radius 3 is 2.12 bits per heavy atom. The average molecular weight is 328 g/mol. The fourth-order valence-electron chi connectivity index (χ4n) is 2.44. The molecule has 0 aromatic heterocycles. The average Bonchev–Trinajstić information content (AvgIpc) is 2.59. The lowest BCUT2D eigenvalue weighted by Crippen LogP contribution is -2.18. The largest absolute Gasteiger partial charge is 0.508 e. The third kappa shape index (κ3) is 6.07. The van der Waals surface area contributed by atoms with E-state index in [9.17, 15) is 15.3 Å². The standard InChI is InChI=1S/C20H24O4/c1-24-20(13-7-16-4-10-18(22)11-5-16)14-19(23)12-6-15-2-8-17(21)9-3-15/h2-5,7-11,13,19-23H,6,12,14H2,1H3/b13-7+. The smallest absolute Gasteiger partial charge is 0.115 e. The van der Waals surface area contributed by atoms with Gasteiger partial charge in [-0.25, -0.2) is 0 Å². The number of methoxy groups -OCH3 is 1. The zero-order valence-corrected chi connectivity index (χ0v) is 13.8. The van der Waals surface area contributed by atoms with Gasteiger partial charge in [-0.15, -0.1) is 0 Å². The molecule has 128 valence electrons. The van der Waals surface area contributed by atoms with E-state index >= 15 is 0 Å². The van der Waals surface area contributed by atoms with Crippen LogP contribution in [0, 0.1) is 0 Å². The van der Waals surface area contributed by atoms with Gasteiger partial charge < -0.3 is 20.1 Å². The van der Waals surface area contributed by atoms with Crippen molar-refractivity contribution in [3.8, 4) is 11.5 Å². The minimum atomic E-state index is -0.465. The van der Waals surface area contributed by atoms with Crippen molar-refractivity contribution < 1.29 is 20.1 Å². The highest BCUT2D eigenvalue weighted by Crippen LogP contribution is 2.16. The Hall–Kier alpha value is -2.30. The zero-order valence-electron chi connectivity index (χ0n) is 13.8. The molecule has 2 atom stereocenters. The summed E-state index contributed by atoms with van der Waals surface area (Å²) in [7, 11) is 1.62. The highest BCUT2D eigenvalue weighted by molar-refractivity contribution is 5.50. The van der Waals surface area contributed by atoms with Gasteiger partial charge in [0.25, 0.3) is 0 Å². The van der Waals surface area contributed by atoms with Gasteiger partial charge in [0.15, 0.2) is 0 Å². The lowest BCUT2D eigenvalue weighted by atomic mass is 10.0. The van der Waals surface area contributed by atoms with Crippen molar-refractivity contribution in [2.45, 2.75) is 31.5 Å². The first-order valence-corrected chi connectivity index (χ1v) is 8.03. The molecule has 0 bridgehead atoms. The van der Waals surface area contributed by atoms with Crippen LogP contribution >= 0.6 is 0 Å². The summed E-state index contributed by atoms with van der Waals surface area (Å²) < 4.78 is 5.40. The van der Waals surface area contributed by atoms with Crippen LogP contribution in [-0.4, -0.2) is 34.6 Å². The molecule has 0 heterocycles. The van der Waals surface area contributed by atoms with E-state index in [0.29, 0.717) is 12.8 Å². The Labute approximate surface area is 142 Å². The van der Waals surface area contributed by atoms with Crippen molar-refractivity contribution >= 4 is 6.08 Å². The van der Waals surface area contributed by atoms with Crippen LogP contribution in [0.1, 0.15) is 24.0 Å². The van der Waals surface area contributed by atoms with E-state index in [1.807, 2.05) is 36.4 Å². The van der Waals surface area contributed by atoms with Gasteiger partial charge in [0.2, 0.25) is 0 Å². The van der Waals surface area contributed by atoms with E-state index in [-0.39, 0.29) is 17.6 Å². The summed E-state index contributed by atoms with van der Waals surface area (Å²) in [4.78, 5) is 0. The predicted octanol–water partition coefficient (Wildman–Crippen LogP) is 3.51. The molecule has 4 nitrogen and oxygen atoms in total. The summed E-state index contributed by atoms with van der Waals surface area (Å²) in [5, 5.41) is 28.7. The third-order valence-corrected chi connectivity index (χ3v) is 3.91. The van der Waals surface area contributed by atoms with E-state index in [1.54, 1.807) is 31.4 Å². The lowest BCUT2D eigenvalue weighted by molar-refractivity contribution is 0.0685. The normalized spacial score (nSPS) is 13.9. The molecule has 2 aromatic rings. The van der Waals surface area contributed by atoms with Gasteiger partial charge in [-0.05, 0) is 48.2 Å². The Kier molecular flexibility index (Phi) is 6.85. The molecule has 0 saturated carbocycles. The lowest BCUT2D eigenvalue weighted by Gasteiger charge is -2.16. The first kappa shape index (κ1) is 18.0. The molecule has 0 spiro atoms. The summed E-state index contributed by atoms with van der Waals surface area (Å²) in [5.41, 5.74) is 2.05. The second-order valence-corrected chi connectivity index (χ2v) is 5.82. The molecule has 2 aromatic carbocycles. The van der Waals surface area contributed by atoms with Crippen LogP contribution in [-0.2, 0) is 11.2 Å². The minimum Gasteiger partial charge on any atom is -0.508 e. The van der Waals surface area contributed by atoms with Crippen molar-refractivity contribution in [2.24, 2.45) is 0 Å². The maximum absolute atomic E-state index is 10.2. The number of ether oxygens (including phenoxy) is 1. The van der Waals surface area contributed by atoms with Crippen LogP contribution in [0.15, 0.2) is 54.6 Å². The number of aliphatic hydroxyl groups excluding tert-OH is 1. The first-order valence-electron chi connectivity index (χ1n) is 8.03. The van der Waals surface area contributed by atoms with Crippen molar-refractivity contribution in [1.29, 1.82) is 0 Å².